The molecule has 0 aliphatic heterocycles. The van der Waals surface area contributed by atoms with Gasteiger partial charge in [0.1, 0.15) is 0 Å². The van der Waals surface area contributed by atoms with Gasteiger partial charge in [-0.3, -0.25) is 4.40 Å². The Bertz CT molecular complexity index is 442. The van der Waals surface area contributed by atoms with E-state index in [0.717, 1.165) is 23.7 Å². The van der Waals surface area contributed by atoms with Crippen LogP contribution >= 0.6 is 11.3 Å². The maximum atomic E-state index is 4.51. The summed E-state index contributed by atoms with van der Waals surface area (Å²) in [7, 11) is 0. The summed E-state index contributed by atoms with van der Waals surface area (Å²) in [5.41, 5.74) is 2.42. The van der Waals surface area contributed by atoms with Crippen LogP contribution in [-0.2, 0) is 6.54 Å². The molecule has 0 bridgehead atoms. The maximum Gasteiger partial charge on any atom is 0.194 e. The smallest absolute Gasteiger partial charge is 0.194 e. The van der Waals surface area contributed by atoms with Crippen LogP contribution in [-0.4, -0.2) is 15.9 Å². The molecule has 82 valence electrons. The van der Waals surface area contributed by atoms with Crippen LogP contribution in [0.1, 0.15) is 25.2 Å². The normalized spacial score (nSPS) is 11.7. The fraction of sp³-hybridized carbons (Fsp3) is 0.545. The van der Waals surface area contributed by atoms with Crippen molar-refractivity contribution in [2.45, 2.75) is 27.3 Å². The average Bonchev–Trinajstić information content (AvgIpc) is 2.68. The number of imidazole rings is 1. The molecular formula is C11H17N3S. The summed E-state index contributed by atoms with van der Waals surface area (Å²) in [6.45, 7) is 8.47. The Balaban J connectivity index is 2.12. The lowest BCUT2D eigenvalue weighted by atomic mass is 10.2. The van der Waals surface area contributed by atoms with Gasteiger partial charge in [0.25, 0.3) is 0 Å². The van der Waals surface area contributed by atoms with Gasteiger partial charge in [0.05, 0.1) is 11.4 Å². The molecule has 0 aliphatic rings. The van der Waals surface area contributed by atoms with Crippen LogP contribution in [0.2, 0.25) is 0 Å². The predicted octanol–water partition coefficient (Wildman–Crippen LogP) is 2.45. The molecule has 0 unspecified atom stereocenters. The van der Waals surface area contributed by atoms with E-state index in [0.29, 0.717) is 5.92 Å². The first kappa shape index (κ1) is 10.6. The molecule has 2 aromatic heterocycles. The van der Waals surface area contributed by atoms with E-state index in [1.165, 1.54) is 5.69 Å². The van der Waals surface area contributed by atoms with E-state index in [1.54, 1.807) is 11.3 Å². The topological polar surface area (TPSA) is 29.3 Å². The first-order chi connectivity index (χ1) is 7.18. The van der Waals surface area contributed by atoms with Gasteiger partial charge >= 0.3 is 0 Å². The number of aromatic nitrogens is 2. The Kier molecular flexibility index (Phi) is 3.07. The molecule has 0 fully saturated rings. The van der Waals surface area contributed by atoms with Crippen LogP contribution in [0.25, 0.3) is 4.96 Å². The Morgan fingerprint density at radius 2 is 2.33 bits per heavy atom. The summed E-state index contributed by atoms with van der Waals surface area (Å²) in [5.74, 6) is 0.691. The minimum atomic E-state index is 0.691. The van der Waals surface area contributed by atoms with Crippen LogP contribution in [0.15, 0.2) is 11.6 Å². The second kappa shape index (κ2) is 4.33. The third-order valence-electron chi connectivity index (χ3n) is 2.41. The van der Waals surface area contributed by atoms with Gasteiger partial charge in [-0.25, -0.2) is 4.98 Å². The van der Waals surface area contributed by atoms with Crippen molar-refractivity contribution >= 4 is 16.3 Å². The minimum Gasteiger partial charge on any atom is -0.311 e. The highest BCUT2D eigenvalue weighted by Crippen LogP contribution is 2.16. The van der Waals surface area contributed by atoms with Crippen LogP contribution in [0.5, 0.6) is 0 Å². The van der Waals surface area contributed by atoms with Crippen molar-refractivity contribution in [1.82, 2.24) is 14.7 Å². The number of aryl methyl sites for hydroxylation is 1. The van der Waals surface area contributed by atoms with Gasteiger partial charge in [0, 0.05) is 18.1 Å². The van der Waals surface area contributed by atoms with Gasteiger partial charge in [-0.05, 0) is 19.4 Å². The molecule has 0 spiro atoms. The summed E-state index contributed by atoms with van der Waals surface area (Å²) in [6, 6.07) is 0. The summed E-state index contributed by atoms with van der Waals surface area (Å²) >= 11 is 1.69. The molecule has 0 saturated carbocycles. The van der Waals surface area contributed by atoms with Gasteiger partial charge in [0.15, 0.2) is 4.96 Å². The second-order valence-electron chi connectivity index (χ2n) is 4.22. The van der Waals surface area contributed by atoms with Crippen molar-refractivity contribution in [2.75, 3.05) is 6.54 Å². The van der Waals surface area contributed by atoms with Crippen molar-refractivity contribution in [2.24, 2.45) is 5.92 Å². The average molecular weight is 223 g/mol. The fourth-order valence-corrected chi connectivity index (χ4v) is 2.41. The zero-order valence-corrected chi connectivity index (χ0v) is 10.3. The number of fused-ring (bicyclic) bond motifs is 1. The van der Waals surface area contributed by atoms with Gasteiger partial charge in [-0.15, -0.1) is 11.3 Å². The third-order valence-corrected chi connectivity index (χ3v) is 3.16. The molecule has 0 amide bonds. The van der Waals surface area contributed by atoms with Crippen molar-refractivity contribution < 1.29 is 0 Å². The summed E-state index contributed by atoms with van der Waals surface area (Å²) in [6.07, 6.45) is 2.09. The number of nitrogens with one attached hydrogen (secondary N) is 1. The molecule has 0 radical (unpaired) electrons. The molecule has 0 aromatic carbocycles. The lowest BCUT2D eigenvalue weighted by Crippen LogP contribution is -2.20. The first-order valence-corrected chi connectivity index (χ1v) is 6.18. The molecule has 2 aromatic rings. The lowest BCUT2D eigenvalue weighted by molar-refractivity contribution is 0.546. The number of thiazole rings is 1. The Morgan fingerprint density at radius 1 is 1.53 bits per heavy atom. The van der Waals surface area contributed by atoms with Crippen molar-refractivity contribution in [1.29, 1.82) is 0 Å². The lowest BCUT2D eigenvalue weighted by Gasteiger charge is -2.07. The first-order valence-electron chi connectivity index (χ1n) is 5.30. The second-order valence-corrected chi connectivity index (χ2v) is 5.10. The molecule has 2 rings (SSSR count). The van der Waals surface area contributed by atoms with Crippen molar-refractivity contribution in [3.63, 3.8) is 0 Å². The van der Waals surface area contributed by atoms with E-state index >= 15 is 0 Å². The fourth-order valence-electron chi connectivity index (χ4n) is 1.63. The summed E-state index contributed by atoms with van der Waals surface area (Å²) < 4.78 is 2.17. The monoisotopic (exact) mass is 223 g/mol. The summed E-state index contributed by atoms with van der Waals surface area (Å²) in [5, 5.41) is 5.53. The van der Waals surface area contributed by atoms with Gasteiger partial charge in [0.2, 0.25) is 0 Å². The number of rotatable bonds is 4. The third kappa shape index (κ3) is 2.21. The quantitative estimate of drug-likeness (QED) is 0.862. The van der Waals surface area contributed by atoms with Gasteiger partial charge < -0.3 is 5.32 Å². The number of nitrogens with zero attached hydrogens (tertiary/aromatic N) is 2. The zero-order chi connectivity index (χ0) is 10.8. The molecule has 4 heteroatoms. The largest absolute Gasteiger partial charge is 0.311 e. The standard InChI is InChI=1S/C11H17N3S/c1-8(2)6-12-7-10-9(3)13-11-14(10)4-5-15-11/h4-5,8,12H,6-7H2,1-3H3. The maximum absolute atomic E-state index is 4.51. The van der Waals surface area contributed by atoms with Crippen LogP contribution in [0, 0.1) is 12.8 Å². The van der Waals surface area contributed by atoms with Crippen molar-refractivity contribution in [3.8, 4) is 0 Å². The van der Waals surface area contributed by atoms with E-state index in [1.807, 2.05) is 0 Å². The van der Waals surface area contributed by atoms with Crippen LogP contribution in [0.3, 0.4) is 0 Å². The number of hydrogen-bond acceptors (Lipinski definition) is 3. The highest BCUT2D eigenvalue weighted by molar-refractivity contribution is 7.15. The molecule has 0 atom stereocenters. The molecule has 0 saturated heterocycles. The highest BCUT2D eigenvalue weighted by Gasteiger charge is 2.08. The van der Waals surface area contributed by atoms with E-state index in [9.17, 15) is 0 Å². The Morgan fingerprint density at radius 3 is 3.07 bits per heavy atom. The van der Waals surface area contributed by atoms with Crippen LogP contribution in [0.4, 0.5) is 0 Å². The van der Waals surface area contributed by atoms with E-state index in [2.05, 4.69) is 47.0 Å². The van der Waals surface area contributed by atoms with Crippen molar-refractivity contribution in [3.05, 3.63) is 23.0 Å². The van der Waals surface area contributed by atoms with E-state index < -0.39 is 0 Å². The Hall–Kier alpha value is -0.870. The van der Waals surface area contributed by atoms with E-state index in [-0.39, 0.29) is 0 Å². The minimum absolute atomic E-state index is 0.691. The predicted molar refractivity (Wildman–Crippen MR) is 64.4 cm³/mol. The molecular weight excluding hydrogens is 206 g/mol. The molecule has 0 aliphatic carbocycles. The number of hydrogen-bond donors (Lipinski definition) is 1. The Labute approximate surface area is 94.1 Å². The zero-order valence-electron chi connectivity index (χ0n) is 9.45. The highest BCUT2D eigenvalue weighted by atomic mass is 32.1. The van der Waals surface area contributed by atoms with E-state index in [4.69, 9.17) is 0 Å². The molecule has 15 heavy (non-hydrogen) atoms. The molecule has 2 heterocycles. The molecule has 3 nitrogen and oxygen atoms in total. The van der Waals surface area contributed by atoms with Gasteiger partial charge in [-0.2, -0.15) is 0 Å². The summed E-state index contributed by atoms with van der Waals surface area (Å²) in [4.78, 5) is 5.60. The molecule has 1 N–H and O–H groups in total. The van der Waals surface area contributed by atoms with Crippen LogP contribution < -0.4 is 5.32 Å². The van der Waals surface area contributed by atoms with Gasteiger partial charge in [-0.1, -0.05) is 13.8 Å². The SMILES string of the molecule is Cc1nc2sccn2c1CNCC(C)C.